The molecule has 54 heavy (non-hydrogen) atoms. The van der Waals surface area contributed by atoms with Gasteiger partial charge in [0.25, 0.3) is 5.91 Å². The number of esters is 1. The molecule has 1 saturated heterocycles. The minimum Gasteiger partial charge on any atom is -0.464 e. The third kappa shape index (κ3) is 7.28. The lowest BCUT2D eigenvalue weighted by Gasteiger charge is -2.42. The van der Waals surface area contributed by atoms with Gasteiger partial charge in [0.15, 0.2) is 0 Å². The summed E-state index contributed by atoms with van der Waals surface area (Å²) in [6.07, 6.45) is -3.73. The van der Waals surface area contributed by atoms with Gasteiger partial charge in [0.2, 0.25) is 0 Å². The summed E-state index contributed by atoms with van der Waals surface area (Å²) in [5.74, 6) is -1.49. The number of carbonyl (C=O) groups excluding carboxylic acids is 3. The highest BCUT2D eigenvalue weighted by molar-refractivity contribution is 7.09. The van der Waals surface area contributed by atoms with Crippen LogP contribution in [0.25, 0.3) is 32.7 Å². The second kappa shape index (κ2) is 13.9. The van der Waals surface area contributed by atoms with E-state index in [9.17, 15) is 27.6 Å². The first-order valence-corrected chi connectivity index (χ1v) is 18.5. The maximum atomic E-state index is 14.4. The molecule has 17 heteroatoms. The molecule has 2 amide bonds. The van der Waals surface area contributed by atoms with E-state index in [1.165, 1.54) is 16.7 Å². The summed E-state index contributed by atoms with van der Waals surface area (Å²) >= 11 is 1.07. The molecule has 3 aliphatic rings. The van der Waals surface area contributed by atoms with Crippen molar-refractivity contribution in [3.05, 3.63) is 53.6 Å². The molecule has 0 spiro atoms. The van der Waals surface area contributed by atoms with Crippen molar-refractivity contribution < 1.29 is 41.8 Å². The Morgan fingerprint density at radius 3 is 2.69 bits per heavy atom. The molecule has 1 unspecified atom stereocenters. The quantitative estimate of drug-likeness (QED) is 0.235. The van der Waals surface area contributed by atoms with Crippen molar-refractivity contribution in [2.75, 3.05) is 20.3 Å². The summed E-state index contributed by atoms with van der Waals surface area (Å²) < 4.78 is 66.6. The van der Waals surface area contributed by atoms with E-state index >= 15 is 0 Å². The number of methoxy groups -OCH3 is 1. The smallest absolute Gasteiger partial charge is 0.408 e. The lowest BCUT2D eigenvalue weighted by atomic mass is 9.67. The number of rotatable bonds is 3. The Hall–Kier alpha value is -4.61. The third-order valence-corrected chi connectivity index (χ3v) is 10.7. The van der Waals surface area contributed by atoms with Crippen LogP contribution in [0.15, 0.2) is 36.5 Å². The fourth-order valence-corrected chi connectivity index (χ4v) is 8.39. The van der Waals surface area contributed by atoms with E-state index < -0.39 is 65.8 Å². The fourth-order valence-electron chi connectivity index (χ4n) is 7.70. The predicted molar refractivity (Wildman–Crippen MR) is 192 cm³/mol. The van der Waals surface area contributed by atoms with Gasteiger partial charge in [-0.05, 0) is 81.0 Å². The van der Waals surface area contributed by atoms with Crippen molar-refractivity contribution in [3.8, 4) is 21.8 Å². The largest absolute Gasteiger partial charge is 0.464 e. The normalized spacial score (nSPS) is 23.0. The van der Waals surface area contributed by atoms with Crippen LogP contribution in [0.2, 0.25) is 0 Å². The second-order valence-corrected chi connectivity index (χ2v) is 16.3. The lowest BCUT2D eigenvalue weighted by Crippen LogP contribution is -2.60. The van der Waals surface area contributed by atoms with E-state index in [4.69, 9.17) is 19.2 Å². The SMILES string of the molecule is CO[C@@H]1c2ncccc2-c2c3c4cc(ccc4n2CC(F)(F)F)-c2nc(ns2)C[C@H](NC(=O)OC(C)(C)C)C(=O)N2CCC[C@H](N2)C(=O)OCC(C)(C)C31. The summed E-state index contributed by atoms with van der Waals surface area (Å²) in [6.45, 7) is 7.77. The van der Waals surface area contributed by atoms with Crippen molar-refractivity contribution in [2.45, 2.75) is 96.3 Å². The van der Waals surface area contributed by atoms with Gasteiger partial charge >= 0.3 is 18.2 Å². The van der Waals surface area contributed by atoms with Crippen molar-refractivity contribution in [1.82, 2.24) is 34.7 Å². The zero-order valence-electron chi connectivity index (χ0n) is 30.7. The number of pyridine rings is 1. The van der Waals surface area contributed by atoms with Crippen LogP contribution in [0.3, 0.4) is 0 Å². The number of fused-ring (bicyclic) bond motifs is 8. The predicted octanol–water partition coefficient (Wildman–Crippen LogP) is 6.08. The maximum absolute atomic E-state index is 14.4. The first kappa shape index (κ1) is 37.7. The van der Waals surface area contributed by atoms with Crippen molar-refractivity contribution in [2.24, 2.45) is 5.41 Å². The van der Waals surface area contributed by atoms with Crippen LogP contribution in [0, 0.1) is 5.41 Å². The van der Waals surface area contributed by atoms with E-state index in [2.05, 4.69) is 20.1 Å². The number of carbonyl (C=O) groups is 3. The van der Waals surface area contributed by atoms with Gasteiger partial charge in [-0.25, -0.2) is 15.2 Å². The van der Waals surface area contributed by atoms with Gasteiger partial charge in [0.05, 0.1) is 18.0 Å². The van der Waals surface area contributed by atoms with Gasteiger partial charge in [-0.15, -0.1) is 0 Å². The molecule has 1 aromatic carbocycles. The van der Waals surface area contributed by atoms with Crippen LogP contribution < -0.4 is 10.7 Å². The van der Waals surface area contributed by atoms with E-state index in [1.807, 2.05) is 13.8 Å². The molecule has 0 radical (unpaired) electrons. The summed E-state index contributed by atoms with van der Waals surface area (Å²) in [5.41, 5.74) is 4.17. The summed E-state index contributed by atoms with van der Waals surface area (Å²) in [6, 6.07) is 6.54. The molecule has 5 heterocycles. The molecular formula is C37H42F3N7O6S. The monoisotopic (exact) mass is 769 g/mol. The second-order valence-electron chi connectivity index (χ2n) is 15.6. The molecule has 4 aromatic rings. The molecule has 6 bridgehead atoms. The fraction of sp³-hybridized carbons (Fsp3) is 0.514. The number of cyclic esters (lactones) is 1. The molecule has 4 atom stereocenters. The number of hydrazine groups is 1. The average Bonchev–Trinajstić information content (AvgIpc) is 3.70. The molecule has 1 fully saturated rings. The number of hydrogen-bond donors (Lipinski definition) is 2. The van der Waals surface area contributed by atoms with Crippen LogP contribution in [0.1, 0.15) is 76.6 Å². The Kier molecular flexibility index (Phi) is 9.71. The van der Waals surface area contributed by atoms with Crippen LogP contribution >= 0.6 is 11.5 Å². The molecule has 1 aliphatic carbocycles. The van der Waals surface area contributed by atoms with Crippen molar-refractivity contribution in [1.29, 1.82) is 0 Å². The van der Waals surface area contributed by atoms with Gasteiger partial charge in [0.1, 0.15) is 41.2 Å². The Labute approximate surface area is 313 Å². The van der Waals surface area contributed by atoms with Crippen molar-refractivity contribution in [3.63, 3.8) is 0 Å². The molecule has 7 rings (SSSR count). The van der Waals surface area contributed by atoms with Crippen LogP contribution in [-0.2, 0) is 36.8 Å². The Morgan fingerprint density at radius 1 is 1.19 bits per heavy atom. The highest BCUT2D eigenvalue weighted by atomic mass is 32.1. The molecule has 0 saturated carbocycles. The van der Waals surface area contributed by atoms with Crippen LogP contribution in [0.4, 0.5) is 18.0 Å². The van der Waals surface area contributed by atoms with Gasteiger partial charge in [0, 0.05) is 59.6 Å². The summed E-state index contributed by atoms with van der Waals surface area (Å²) in [4.78, 5) is 50.0. The molecule has 288 valence electrons. The van der Waals surface area contributed by atoms with Crippen LogP contribution in [-0.4, -0.2) is 86.0 Å². The zero-order valence-corrected chi connectivity index (χ0v) is 31.6. The third-order valence-electron chi connectivity index (χ3n) is 9.93. The van der Waals surface area contributed by atoms with Gasteiger partial charge in [-0.1, -0.05) is 13.8 Å². The minimum absolute atomic E-state index is 0.100. The number of alkyl carbamates (subject to hydrolysis) is 1. The van der Waals surface area contributed by atoms with E-state index in [0.717, 1.165) is 11.5 Å². The average molecular weight is 770 g/mol. The highest BCUT2D eigenvalue weighted by Crippen LogP contribution is 2.57. The number of nitrogens with one attached hydrogen (secondary N) is 2. The molecule has 13 nitrogen and oxygen atoms in total. The molecular weight excluding hydrogens is 728 g/mol. The number of amides is 2. The van der Waals surface area contributed by atoms with E-state index in [0.29, 0.717) is 56.8 Å². The standard InChI is InChI=1S/C37H42F3N7O6S/c1-35(2,3)53-34(50)42-23-16-25-43-31(54-45-25)19-11-12-24-21(15-19)26-27(36(4,5)18-52-33(49)22-10-8-14-47(44-22)32(23)48)30(51-6)28-20(9-7-13-41-28)29(26)46(24)17-37(38,39)40/h7,9,11-13,15,22-23,27,30,44H,8,10,14,16-18H2,1-6H3,(H,42,50)/t22-,23-,27?,30-/m0/s1. The Morgan fingerprint density at radius 2 is 1.96 bits per heavy atom. The minimum atomic E-state index is -4.55. The number of nitrogens with zero attached hydrogens (tertiary/aromatic N) is 5. The Balaban J connectivity index is 1.41. The number of aromatic nitrogens is 4. The number of hydrogen-bond acceptors (Lipinski definition) is 11. The van der Waals surface area contributed by atoms with Crippen molar-refractivity contribution >= 4 is 40.4 Å². The molecule has 2 aliphatic heterocycles. The van der Waals surface area contributed by atoms with E-state index in [1.54, 1.807) is 57.3 Å². The summed E-state index contributed by atoms with van der Waals surface area (Å²) in [5, 5.41) is 4.98. The first-order valence-electron chi connectivity index (χ1n) is 17.7. The zero-order chi connectivity index (χ0) is 38.7. The van der Waals surface area contributed by atoms with Gasteiger partial charge in [-0.2, -0.15) is 17.5 Å². The number of halogens is 3. The number of alkyl halides is 3. The van der Waals surface area contributed by atoms with E-state index in [-0.39, 0.29) is 25.4 Å². The molecule has 2 N–H and O–H groups in total. The van der Waals surface area contributed by atoms with Gasteiger partial charge in [-0.3, -0.25) is 19.6 Å². The maximum Gasteiger partial charge on any atom is 0.408 e. The highest BCUT2D eigenvalue weighted by Gasteiger charge is 2.48. The lowest BCUT2D eigenvalue weighted by molar-refractivity contribution is -0.156. The summed E-state index contributed by atoms with van der Waals surface area (Å²) in [7, 11) is 1.53. The first-order chi connectivity index (χ1) is 25.4. The molecule has 3 aromatic heterocycles. The van der Waals surface area contributed by atoms with Crippen LogP contribution in [0.5, 0.6) is 0 Å². The van der Waals surface area contributed by atoms with Gasteiger partial charge < -0.3 is 24.1 Å². The topological polar surface area (TPSA) is 150 Å². The number of benzene rings is 1. The number of ether oxygens (including phenoxy) is 3. The Bertz CT molecular complexity index is 2110.